The number of rotatable bonds is 9. The van der Waals surface area contributed by atoms with Gasteiger partial charge in [0.2, 0.25) is 0 Å². The van der Waals surface area contributed by atoms with Gasteiger partial charge in [0.1, 0.15) is 0 Å². The second-order valence-corrected chi connectivity index (χ2v) is 6.83. The Labute approximate surface area is 210 Å². The fourth-order valence-corrected chi connectivity index (χ4v) is 3.03. The summed E-state index contributed by atoms with van der Waals surface area (Å²) < 4.78 is 0. The molecule has 2 saturated heterocycles. The van der Waals surface area contributed by atoms with Gasteiger partial charge >= 0.3 is 0 Å². The zero-order valence-corrected chi connectivity index (χ0v) is 23.4. The van der Waals surface area contributed by atoms with E-state index in [0.29, 0.717) is 0 Å². The van der Waals surface area contributed by atoms with Gasteiger partial charge in [-0.15, -0.1) is 50.9 Å². The number of nitrogens with two attached hydrogens (primary N) is 1. The molecule has 2 aliphatic rings. The van der Waals surface area contributed by atoms with Crippen LogP contribution < -0.4 is 32.3 Å². The van der Waals surface area contributed by atoms with Crippen LogP contribution >= 0.6 is 50.9 Å². The number of nitrogens with one attached hydrogen (secondary N) is 5. The van der Waals surface area contributed by atoms with E-state index in [-0.39, 0.29) is 50.9 Å². The van der Waals surface area contributed by atoms with Crippen LogP contribution in [0.4, 0.5) is 0 Å². The SMILES string of the molecule is Br.Br.Br.C1CN2CCNCCN(CCN1)CC2.CCNCCNCCNCCN. The maximum Gasteiger partial charge on any atom is 0.0110 e. The van der Waals surface area contributed by atoms with Gasteiger partial charge in [-0.2, -0.15) is 0 Å². The summed E-state index contributed by atoms with van der Waals surface area (Å²) in [6, 6.07) is 0. The standard InChI is InChI=1S/C10H22N4.C8H22N4.3BrH/c1-5-13-7-3-12-4-8-14(10-9-13)6-2-11-1;1-2-10-5-6-12-8-7-11-4-3-9;;;/h11-12H,1-10H2;10-12H,2-9H2,1H3;3*1H. The van der Waals surface area contributed by atoms with Crippen LogP contribution in [-0.2, 0) is 0 Å². The molecule has 2 heterocycles. The summed E-state index contributed by atoms with van der Waals surface area (Å²) in [5.74, 6) is 0. The molecule has 0 saturated carbocycles. The number of hydrogen-bond donors (Lipinski definition) is 6. The Kier molecular flexibility index (Phi) is 32.5. The molecule has 0 atom stereocenters. The van der Waals surface area contributed by atoms with E-state index in [1.165, 1.54) is 39.3 Å². The molecule has 0 aromatic heterocycles. The molecular formula is C18H47Br3N8. The van der Waals surface area contributed by atoms with Crippen LogP contribution in [0.2, 0.25) is 0 Å². The Bertz CT molecular complexity index is 266. The van der Waals surface area contributed by atoms with Gasteiger partial charge in [0.25, 0.3) is 0 Å². The maximum absolute atomic E-state index is 5.32. The molecule has 8 nitrogen and oxygen atoms in total. The molecule has 29 heavy (non-hydrogen) atoms. The van der Waals surface area contributed by atoms with Gasteiger partial charge in [-0.05, 0) is 6.54 Å². The van der Waals surface area contributed by atoms with E-state index in [0.717, 1.165) is 72.0 Å². The lowest BCUT2D eigenvalue weighted by molar-refractivity contribution is 0.237. The van der Waals surface area contributed by atoms with Crippen LogP contribution in [0.5, 0.6) is 0 Å². The van der Waals surface area contributed by atoms with Gasteiger partial charge in [-0.1, -0.05) is 6.92 Å². The fraction of sp³-hybridized carbons (Fsp3) is 1.00. The van der Waals surface area contributed by atoms with Crippen molar-refractivity contribution in [3.8, 4) is 0 Å². The molecule has 2 bridgehead atoms. The molecule has 0 spiro atoms. The first-order valence-corrected chi connectivity index (χ1v) is 10.5. The Morgan fingerprint density at radius 2 is 1.00 bits per heavy atom. The first-order chi connectivity index (χ1) is 12.9. The van der Waals surface area contributed by atoms with Crippen molar-refractivity contribution in [3.63, 3.8) is 0 Å². The zero-order valence-electron chi connectivity index (χ0n) is 18.2. The summed E-state index contributed by atoms with van der Waals surface area (Å²) in [6.45, 7) is 20.8. The number of nitrogens with zero attached hydrogens (tertiary/aromatic N) is 2. The largest absolute Gasteiger partial charge is 0.329 e. The summed E-state index contributed by atoms with van der Waals surface area (Å²) in [6.07, 6.45) is 0. The van der Waals surface area contributed by atoms with E-state index in [4.69, 9.17) is 5.73 Å². The van der Waals surface area contributed by atoms with Crippen molar-refractivity contribution in [2.24, 2.45) is 5.73 Å². The molecule has 0 radical (unpaired) electrons. The number of hydrogen-bond acceptors (Lipinski definition) is 8. The van der Waals surface area contributed by atoms with E-state index in [9.17, 15) is 0 Å². The first kappa shape index (κ1) is 34.7. The number of likely N-dealkylation sites (N-methyl/N-ethyl adjacent to an activating group) is 1. The lowest BCUT2D eigenvalue weighted by Crippen LogP contribution is -2.38. The monoisotopic (exact) mass is 612 g/mol. The molecule has 0 aromatic carbocycles. The van der Waals surface area contributed by atoms with E-state index >= 15 is 0 Å². The average molecular weight is 615 g/mol. The Morgan fingerprint density at radius 3 is 1.38 bits per heavy atom. The highest BCUT2D eigenvalue weighted by atomic mass is 79.9. The van der Waals surface area contributed by atoms with Crippen molar-refractivity contribution >= 4 is 50.9 Å². The van der Waals surface area contributed by atoms with Gasteiger partial charge in [0, 0.05) is 105 Å². The number of halogens is 3. The van der Waals surface area contributed by atoms with E-state index in [1.807, 2.05) is 0 Å². The molecular weight excluding hydrogens is 568 g/mol. The van der Waals surface area contributed by atoms with Crippen molar-refractivity contribution in [1.29, 1.82) is 0 Å². The molecule has 7 N–H and O–H groups in total. The minimum atomic E-state index is 0. The third-order valence-corrected chi connectivity index (χ3v) is 4.68. The third kappa shape index (κ3) is 22.1. The van der Waals surface area contributed by atoms with Gasteiger partial charge < -0.3 is 32.3 Å². The van der Waals surface area contributed by atoms with Crippen LogP contribution in [0.15, 0.2) is 0 Å². The second-order valence-electron chi connectivity index (χ2n) is 6.83. The molecule has 0 amide bonds. The van der Waals surface area contributed by atoms with Crippen molar-refractivity contribution in [2.75, 3.05) is 111 Å². The minimum Gasteiger partial charge on any atom is -0.329 e. The molecule has 2 aliphatic heterocycles. The van der Waals surface area contributed by atoms with Gasteiger partial charge in [0.15, 0.2) is 0 Å². The van der Waals surface area contributed by atoms with E-state index in [2.05, 4.69) is 43.3 Å². The lowest BCUT2D eigenvalue weighted by Gasteiger charge is -2.22. The summed E-state index contributed by atoms with van der Waals surface area (Å²) in [7, 11) is 0. The highest BCUT2D eigenvalue weighted by Crippen LogP contribution is 1.96. The highest BCUT2D eigenvalue weighted by Gasteiger charge is 2.13. The molecule has 0 aromatic rings. The van der Waals surface area contributed by atoms with Crippen molar-refractivity contribution in [3.05, 3.63) is 0 Å². The van der Waals surface area contributed by atoms with Gasteiger partial charge in [0.05, 0.1) is 0 Å². The molecule has 11 heteroatoms. The summed E-state index contributed by atoms with van der Waals surface area (Å²) in [5, 5.41) is 16.8. The number of fused-ring (bicyclic) bond motifs is 3. The van der Waals surface area contributed by atoms with Crippen LogP contribution in [0.25, 0.3) is 0 Å². The smallest absolute Gasteiger partial charge is 0.0110 e. The summed E-state index contributed by atoms with van der Waals surface area (Å²) in [5.41, 5.74) is 5.32. The summed E-state index contributed by atoms with van der Waals surface area (Å²) >= 11 is 0. The van der Waals surface area contributed by atoms with Gasteiger partial charge in [-0.3, -0.25) is 9.80 Å². The van der Waals surface area contributed by atoms with Crippen LogP contribution in [-0.4, -0.2) is 121 Å². The van der Waals surface area contributed by atoms with E-state index in [1.54, 1.807) is 0 Å². The molecule has 2 rings (SSSR count). The van der Waals surface area contributed by atoms with Crippen molar-refractivity contribution in [1.82, 2.24) is 36.4 Å². The van der Waals surface area contributed by atoms with Crippen LogP contribution in [0.1, 0.15) is 6.92 Å². The zero-order chi connectivity index (χ0) is 18.7. The lowest BCUT2D eigenvalue weighted by atomic mass is 10.4. The predicted octanol–water partition coefficient (Wildman–Crippen LogP) is -0.736. The second kappa shape index (κ2) is 27.2. The first-order valence-electron chi connectivity index (χ1n) is 10.5. The average Bonchev–Trinajstić information content (AvgIpc) is 2.83. The molecule has 2 fully saturated rings. The topological polar surface area (TPSA) is 92.6 Å². The van der Waals surface area contributed by atoms with E-state index < -0.39 is 0 Å². The van der Waals surface area contributed by atoms with Crippen molar-refractivity contribution < 1.29 is 0 Å². The van der Waals surface area contributed by atoms with Crippen LogP contribution in [0, 0.1) is 0 Å². The molecule has 180 valence electrons. The highest BCUT2D eigenvalue weighted by molar-refractivity contribution is 8.93. The fourth-order valence-electron chi connectivity index (χ4n) is 3.03. The summed E-state index contributed by atoms with van der Waals surface area (Å²) in [4.78, 5) is 5.12. The van der Waals surface area contributed by atoms with Crippen LogP contribution in [0.3, 0.4) is 0 Å². The molecule has 0 unspecified atom stereocenters. The third-order valence-electron chi connectivity index (χ3n) is 4.68. The van der Waals surface area contributed by atoms with Gasteiger partial charge in [-0.25, -0.2) is 0 Å². The Morgan fingerprint density at radius 1 is 0.621 bits per heavy atom. The normalized spacial score (nSPS) is 21.7. The molecule has 0 aliphatic carbocycles. The van der Waals surface area contributed by atoms with Crippen molar-refractivity contribution in [2.45, 2.75) is 6.92 Å². The quantitative estimate of drug-likeness (QED) is 0.189. The predicted molar refractivity (Wildman–Crippen MR) is 143 cm³/mol. The minimum absolute atomic E-state index is 0. The maximum atomic E-state index is 5.32. The Hall–Kier alpha value is 1.12. The Balaban J connectivity index is -0.000000428.